The Balaban J connectivity index is 1.56. The highest BCUT2D eigenvalue weighted by molar-refractivity contribution is 6.31. The first-order valence-corrected chi connectivity index (χ1v) is 10.2. The molecule has 0 saturated heterocycles. The van der Waals surface area contributed by atoms with Crippen LogP contribution in [0.1, 0.15) is 22.6 Å². The Kier molecular flexibility index (Phi) is 6.02. The number of nitrogens with zero attached hydrogens (tertiary/aromatic N) is 1. The SMILES string of the molecule is Cc1cccc(OCC(=O)Oc2ccc3c(c2)OC(N)=C(C#N)C3c2ccccc2Cl)c1. The molecule has 0 aliphatic carbocycles. The van der Waals surface area contributed by atoms with Crippen LogP contribution in [0.25, 0.3) is 0 Å². The van der Waals surface area contributed by atoms with E-state index in [1.807, 2.05) is 43.3 Å². The van der Waals surface area contributed by atoms with Crippen molar-refractivity contribution in [2.24, 2.45) is 5.73 Å². The third-order valence-electron chi connectivity index (χ3n) is 4.98. The fourth-order valence-corrected chi connectivity index (χ4v) is 3.78. The predicted molar refractivity (Wildman–Crippen MR) is 120 cm³/mol. The normalized spacial score (nSPS) is 14.7. The lowest BCUT2D eigenvalue weighted by Crippen LogP contribution is -2.22. The van der Waals surface area contributed by atoms with Crippen molar-refractivity contribution in [1.29, 1.82) is 5.26 Å². The molecular weight excluding hydrogens is 428 g/mol. The molecule has 1 heterocycles. The molecule has 0 radical (unpaired) electrons. The summed E-state index contributed by atoms with van der Waals surface area (Å²) < 4.78 is 16.5. The van der Waals surface area contributed by atoms with E-state index in [4.69, 9.17) is 31.5 Å². The number of hydrogen-bond acceptors (Lipinski definition) is 6. The van der Waals surface area contributed by atoms with Crippen molar-refractivity contribution in [2.45, 2.75) is 12.8 Å². The van der Waals surface area contributed by atoms with E-state index in [0.29, 0.717) is 22.1 Å². The second-order valence-corrected chi connectivity index (χ2v) is 7.63. The number of fused-ring (bicyclic) bond motifs is 1. The molecule has 32 heavy (non-hydrogen) atoms. The molecule has 1 aliphatic heterocycles. The third-order valence-corrected chi connectivity index (χ3v) is 5.33. The zero-order valence-corrected chi connectivity index (χ0v) is 17.9. The van der Waals surface area contributed by atoms with Crippen LogP contribution in [0.4, 0.5) is 0 Å². The van der Waals surface area contributed by atoms with Gasteiger partial charge in [0.2, 0.25) is 5.88 Å². The molecule has 0 amide bonds. The largest absolute Gasteiger partial charge is 0.482 e. The summed E-state index contributed by atoms with van der Waals surface area (Å²) in [7, 11) is 0. The molecule has 3 aromatic rings. The van der Waals surface area contributed by atoms with Gasteiger partial charge < -0.3 is 19.9 Å². The lowest BCUT2D eigenvalue weighted by Gasteiger charge is -2.27. The van der Waals surface area contributed by atoms with Crippen molar-refractivity contribution in [3.63, 3.8) is 0 Å². The lowest BCUT2D eigenvalue weighted by atomic mass is 9.83. The molecule has 6 nitrogen and oxygen atoms in total. The van der Waals surface area contributed by atoms with E-state index < -0.39 is 11.9 Å². The first kappa shape index (κ1) is 21.3. The summed E-state index contributed by atoms with van der Waals surface area (Å²) in [5.74, 6) is 0.165. The number of hydrogen-bond donors (Lipinski definition) is 1. The molecule has 1 aliphatic rings. The summed E-state index contributed by atoms with van der Waals surface area (Å²) in [4.78, 5) is 12.2. The molecule has 1 atom stereocenters. The summed E-state index contributed by atoms with van der Waals surface area (Å²) >= 11 is 6.39. The molecule has 7 heteroatoms. The molecular formula is C25H19ClN2O4. The highest BCUT2D eigenvalue weighted by Gasteiger charge is 2.32. The van der Waals surface area contributed by atoms with Gasteiger partial charge in [0.1, 0.15) is 28.9 Å². The number of ether oxygens (including phenoxy) is 3. The Morgan fingerprint density at radius 2 is 1.91 bits per heavy atom. The van der Waals surface area contributed by atoms with E-state index in [1.165, 1.54) is 0 Å². The molecule has 2 N–H and O–H groups in total. The van der Waals surface area contributed by atoms with E-state index in [-0.39, 0.29) is 23.8 Å². The van der Waals surface area contributed by atoms with E-state index in [9.17, 15) is 10.1 Å². The highest BCUT2D eigenvalue weighted by atomic mass is 35.5. The van der Waals surface area contributed by atoms with Crippen LogP contribution in [0.15, 0.2) is 78.2 Å². The second-order valence-electron chi connectivity index (χ2n) is 7.23. The fraction of sp³-hybridized carbons (Fsp3) is 0.120. The topological polar surface area (TPSA) is 94.6 Å². The van der Waals surface area contributed by atoms with Crippen molar-refractivity contribution in [3.8, 4) is 23.3 Å². The maximum atomic E-state index is 12.2. The monoisotopic (exact) mass is 446 g/mol. The molecule has 160 valence electrons. The Bertz CT molecular complexity index is 1260. The predicted octanol–water partition coefficient (Wildman–Crippen LogP) is 4.85. The highest BCUT2D eigenvalue weighted by Crippen LogP contribution is 2.45. The van der Waals surface area contributed by atoms with Gasteiger partial charge in [-0.05, 0) is 42.3 Å². The van der Waals surface area contributed by atoms with Crippen molar-refractivity contribution < 1.29 is 19.0 Å². The number of nitriles is 1. The molecule has 0 fully saturated rings. The minimum atomic E-state index is -0.564. The van der Waals surface area contributed by atoms with Gasteiger partial charge in [-0.15, -0.1) is 0 Å². The zero-order chi connectivity index (χ0) is 22.7. The van der Waals surface area contributed by atoms with Crippen LogP contribution in [-0.2, 0) is 4.79 Å². The summed E-state index contributed by atoms with van der Waals surface area (Å²) in [5.41, 5.74) is 8.74. The molecule has 4 rings (SSSR count). The number of carbonyl (C=O) groups is 1. The van der Waals surface area contributed by atoms with Gasteiger partial charge in [0, 0.05) is 16.7 Å². The lowest BCUT2D eigenvalue weighted by molar-refractivity contribution is -0.136. The maximum Gasteiger partial charge on any atom is 0.349 e. The van der Waals surface area contributed by atoms with Crippen molar-refractivity contribution in [2.75, 3.05) is 6.61 Å². The van der Waals surface area contributed by atoms with Gasteiger partial charge in [-0.25, -0.2) is 4.79 Å². The van der Waals surface area contributed by atoms with Crippen molar-refractivity contribution in [3.05, 3.63) is 99.9 Å². The molecule has 3 aromatic carbocycles. The molecule has 0 aromatic heterocycles. The number of allylic oxidation sites excluding steroid dienone is 1. The van der Waals surface area contributed by atoms with Crippen LogP contribution >= 0.6 is 11.6 Å². The van der Waals surface area contributed by atoms with Gasteiger partial charge in [-0.1, -0.05) is 48.0 Å². The number of rotatable bonds is 5. The number of aryl methyl sites for hydroxylation is 1. The first-order chi connectivity index (χ1) is 15.5. The van der Waals surface area contributed by atoms with Gasteiger partial charge in [-0.2, -0.15) is 5.26 Å². The van der Waals surface area contributed by atoms with Crippen LogP contribution in [0.3, 0.4) is 0 Å². The van der Waals surface area contributed by atoms with Crippen LogP contribution < -0.4 is 19.9 Å². The second kappa shape index (κ2) is 9.04. The minimum absolute atomic E-state index is 0.0174. The quantitative estimate of drug-likeness (QED) is 0.444. The first-order valence-electron chi connectivity index (χ1n) is 9.82. The van der Waals surface area contributed by atoms with Crippen LogP contribution in [0.2, 0.25) is 5.02 Å². The average Bonchev–Trinajstić information content (AvgIpc) is 2.77. The van der Waals surface area contributed by atoms with Gasteiger partial charge in [0.05, 0.1) is 5.92 Å². The van der Waals surface area contributed by atoms with Crippen LogP contribution in [0, 0.1) is 18.3 Å². The third kappa shape index (κ3) is 4.39. The number of esters is 1. The van der Waals surface area contributed by atoms with E-state index in [2.05, 4.69) is 6.07 Å². The molecule has 0 saturated carbocycles. The van der Waals surface area contributed by atoms with Gasteiger partial charge in [-0.3, -0.25) is 0 Å². The Morgan fingerprint density at radius 3 is 2.66 bits per heavy atom. The summed E-state index contributed by atoms with van der Waals surface area (Å²) in [5, 5.41) is 10.2. The van der Waals surface area contributed by atoms with E-state index >= 15 is 0 Å². The molecule has 1 unspecified atom stereocenters. The van der Waals surface area contributed by atoms with Gasteiger partial charge in [0.25, 0.3) is 0 Å². The smallest absolute Gasteiger partial charge is 0.349 e. The van der Waals surface area contributed by atoms with Crippen LogP contribution in [-0.4, -0.2) is 12.6 Å². The molecule has 0 bridgehead atoms. The Morgan fingerprint density at radius 1 is 1.09 bits per heavy atom. The van der Waals surface area contributed by atoms with Crippen LogP contribution in [0.5, 0.6) is 17.2 Å². The minimum Gasteiger partial charge on any atom is -0.482 e. The standard InChI is InChI=1S/C25H19ClN2O4/c1-15-5-4-6-16(11-15)30-14-23(29)31-17-9-10-19-22(12-17)32-25(28)20(13-27)24(19)18-7-2-3-8-21(18)26/h2-12,24H,14,28H2,1H3. The maximum absolute atomic E-state index is 12.2. The fourth-order valence-electron chi connectivity index (χ4n) is 3.54. The molecule has 0 spiro atoms. The van der Waals surface area contributed by atoms with Crippen molar-refractivity contribution >= 4 is 17.6 Å². The average molecular weight is 447 g/mol. The summed E-state index contributed by atoms with van der Waals surface area (Å²) in [6.45, 7) is 1.69. The van der Waals surface area contributed by atoms with E-state index in [1.54, 1.807) is 30.3 Å². The zero-order valence-electron chi connectivity index (χ0n) is 17.2. The summed E-state index contributed by atoms with van der Waals surface area (Å²) in [6, 6.07) is 21.7. The van der Waals surface area contributed by atoms with Crippen molar-refractivity contribution in [1.82, 2.24) is 0 Å². The summed E-state index contributed by atoms with van der Waals surface area (Å²) in [6.07, 6.45) is 0. The number of nitrogens with two attached hydrogens (primary N) is 1. The Hall–Kier alpha value is -3.95. The van der Waals surface area contributed by atoms with Gasteiger partial charge >= 0.3 is 5.97 Å². The number of carbonyl (C=O) groups excluding carboxylic acids is 1. The van der Waals surface area contributed by atoms with Gasteiger partial charge in [0.15, 0.2) is 6.61 Å². The number of halogens is 1. The van der Waals surface area contributed by atoms with E-state index in [0.717, 1.165) is 11.1 Å². The Labute approximate surface area is 190 Å². The number of benzene rings is 3.